The van der Waals surface area contributed by atoms with Crippen molar-refractivity contribution in [2.75, 3.05) is 39.6 Å². The molecule has 0 aromatic heterocycles. The Bertz CT molecular complexity index is 1740. The highest BCUT2D eigenvalue weighted by molar-refractivity contribution is 7.47. The van der Waals surface area contributed by atoms with E-state index in [1.54, 1.807) is 0 Å². The molecule has 0 spiro atoms. The zero-order chi connectivity index (χ0) is 65.7. The zero-order valence-corrected chi connectivity index (χ0v) is 59.5. The number of phosphoric acid groups is 2. The summed E-state index contributed by atoms with van der Waals surface area (Å²) in [6.45, 7) is 9.51. The first kappa shape index (κ1) is 87.1. The number of ether oxygens (including phenoxy) is 4. The summed E-state index contributed by atoms with van der Waals surface area (Å²) in [5, 5.41) is 10.6. The van der Waals surface area contributed by atoms with Crippen LogP contribution in [0.15, 0.2) is 0 Å². The Morgan fingerprint density at radius 2 is 0.539 bits per heavy atom. The fourth-order valence-corrected chi connectivity index (χ4v) is 12.1. The molecule has 4 unspecified atom stereocenters. The lowest BCUT2D eigenvalue weighted by molar-refractivity contribution is -0.161. The minimum absolute atomic E-state index is 0.104. The van der Waals surface area contributed by atoms with Crippen LogP contribution in [0, 0.1) is 11.8 Å². The number of esters is 4. The maximum Gasteiger partial charge on any atom is 0.472 e. The highest BCUT2D eigenvalue weighted by Crippen LogP contribution is 2.45. The first-order chi connectivity index (χ1) is 42.9. The molecule has 89 heavy (non-hydrogen) atoms. The van der Waals surface area contributed by atoms with Gasteiger partial charge in [0, 0.05) is 25.7 Å². The molecule has 0 aliphatic rings. The Kier molecular flexibility index (Phi) is 60.8. The number of carbonyl (C=O) groups excluding carboxylic acids is 4. The molecular formula is C70H136O17P2. The summed E-state index contributed by atoms with van der Waals surface area (Å²) < 4.78 is 68.1. The van der Waals surface area contributed by atoms with Crippen molar-refractivity contribution in [3.63, 3.8) is 0 Å². The van der Waals surface area contributed by atoms with E-state index in [1.165, 1.54) is 167 Å². The second kappa shape index (κ2) is 62.2. The fourth-order valence-electron chi connectivity index (χ4n) is 10.5. The van der Waals surface area contributed by atoms with E-state index in [4.69, 9.17) is 37.0 Å². The van der Waals surface area contributed by atoms with E-state index in [0.29, 0.717) is 25.7 Å². The molecule has 0 heterocycles. The molecule has 7 atom stereocenters. The Labute approximate surface area is 543 Å². The smallest absolute Gasteiger partial charge is 0.462 e. The van der Waals surface area contributed by atoms with Gasteiger partial charge in [0.25, 0.3) is 0 Å². The van der Waals surface area contributed by atoms with E-state index < -0.39 is 97.5 Å². The quantitative estimate of drug-likeness (QED) is 0.0222. The first-order valence-electron chi connectivity index (χ1n) is 36.6. The Hall–Kier alpha value is -1.94. The molecule has 0 aliphatic heterocycles. The van der Waals surface area contributed by atoms with Gasteiger partial charge in [-0.05, 0) is 37.5 Å². The van der Waals surface area contributed by atoms with Crippen LogP contribution in [0.25, 0.3) is 0 Å². The van der Waals surface area contributed by atoms with E-state index in [0.717, 1.165) is 108 Å². The number of phosphoric ester groups is 2. The molecule has 0 bridgehead atoms. The second-order valence-electron chi connectivity index (χ2n) is 25.8. The molecule has 0 rings (SSSR count). The molecule has 0 aromatic rings. The number of aliphatic hydroxyl groups excluding tert-OH is 1. The third-order valence-corrected chi connectivity index (χ3v) is 18.8. The molecule has 19 heteroatoms. The van der Waals surface area contributed by atoms with Crippen LogP contribution in [0.2, 0.25) is 0 Å². The summed E-state index contributed by atoms with van der Waals surface area (Å²) in [6.07, 6.45) is 47.4. The van der Waals surface area contributed by atoms with Crippen molar-refractivity contribution in [3.05, 3.63) is 0 Å². The third-order valence-electron chi connectivity index (χ3n) is 16.9. The van der Waals surface area contributed by atoms with Crippen LogP contribution in [-0.4, -0.2) is 96.7 Å². The summed E-state index contributed by atoms with van der Waals surface area (Å²) in [6, 6.07) is 0. The largest absolute Gasteiger partial charge is 0.472 e. The van der Waals surface area contributed by atoms with Crippen molar-refractivity contribution in [1.82, 2.24) is 0 Å². The van der Waals surface area contributed by atoms with E-state index in [-0.39, 0.29) is 25.7 Å². The number of hydrogen-bond donors (Lipinski definition) is 3. The summed E-state index contributed by atoms with van der Waals surface area (Å²) in [4.78, 5) is 72.3. The third kappa shape index (κ3) is 62.0. The lowest BCUT2D eigenvalue weighted by Gasteiger charge is -2.21. The van der Waals surface area contributed by atoms with Crippen molar-refractivity contribution in [3.8, 4) is 0 Å². The van der Waals surface area contributed by atoms with Crippen LogP contribution in [0.4, 0.5) is 0 Å². The average Bonchev–Trinajstić information content (AvgIpc) is 3.61. The standard InChI is InChI=1S/C70H136O17P2/c1-7-11-13-15-16-17-18-19-23-26-29-35-41-47-53-68(73)81-59-66(87-69(74)54-48-42-36-30-27-24-21-20-22-25-28-33-39-44-50-62(5)9-3)61-85-89(78,79)83-57-64(71)56-82-88(76,77)84-60-65(58-80-67(72)52-46-38-14-12-8-2)86-70(75)55-49-43-37-32-31-34-40-45-51-63(6)10-4/h62-66,71H,7-61H2,1-6H3,(H,76,77)(H,78,79)/t62?,63?,64-,65+,66+/m0/s1. The van der Waals surface area contributed by atoms with Crippen LogP contribution >= 0.6 is 15.6 Å². The SMILES string of the molecule is CCCCCCCCCCCCCCCCC(=O)OC[C@H](COP(=O)(O)OC[C@@H](O)COP(=O)(O)OC[C@@H](COC(=O)CCCCCCC)OC(=O)CCCCCCCCCCC(C)CC)OC(=O)CCCCCCCCCCCCCCCCC(C)CC. The molecule has 528 valence electrons. The number of aliphatic hydroxyl groups is 1. The van der Waals surface area contributed by atoms with Gasteiger partial charge >= 0.3 is 39.5 Å². The topological polar surface area (TPSA) is 237 Å². The Morgan fingerprint density at radius 1 is 0.315 bits per heavy atom. The van der Waals surface area contributed by atoms with Crippen molar-refractivity contribution in [2.24, 2.45) is 11.8 Å². The van der Waals surface area contributed by atoms with Gasteiger partial charge in [0.1, 0.15) is 19.3 Å². The van der Waals surface area contributed by atoms with Crippen molar-refractivity contribution < 1.29 is 80.2 Å². The van der Waals surface area contributed by atoms with Gasteiger partial charge < -0.3 is 33.8 Å². The molecule has 0 fully saturated rings. The average molecular weight is 1310 g/mol. The van der Waals surface area contributed by atoms with E-state index >= 15 is 0 Å². The highest BCUT2D eigenvalue weighted by atomic mass is 31.2. The van der Waals surface area contributed by atoms with Gasteiger partial charge in [-0.1, -0.05) is 305 Å². The summed E-state index contributed by atoms with van der Waals surface area (Å²) >= 11 is 0. The molecule has 0 aliphatic carbocycles. The molecule has 0 saturated heterocycles. The number of rotatable bonds is 69. The first-order valence-corrected chi connectivity index (χ1v) is 39.6. The van der Waals surface area contributed by atoms with Crippen molar-refractivity contribution in [1.29, 1.82) is 0 Å². The molecule has 3 N–H and O–H groups in total. The van der Waals surface area contributed by atoms with Crippen molar-refractivity contribution in [2.45, 2.75) is 374 Å². The maximum atomic E-state index is 13.0. The monoisotopic (exact) mass is 1310 g/mol. The normalized spacial score (nSPS) is 14.8. The molecule has 0 saturated carbocycles. The second-order valence-corrected chi connectivity index (χ2v) is 28.7. The summed E-state index contributed by atoms with van der Waals surface area (Å²) in [5.41, 5.74) is 0. The molecule has 0 amide bonds. The van der Waals surface area contributed by atoms with E-state index in [9.17, 15) is 43.2 Å². The van der Waals surface area contributed by atoms with Crippen LogP contribution in [0.3, 0.4) is 0 Å². The van der Waals surface area contributed by atoms with Gasteiger partial charge in [0.05, 0.1) is 26.4 Å². The fraction of sp³-hybridized carbons (Fsp3) is 0.943. The molecule has 0 radical (unpaired) electrons. The predicted molar refractivity (Wildman–Crippen MR) is 358 cm³/mol. The zero-order valence-electron chi connectivity index (χ0n) is 57.7. The summed E-state index contributed by atoms with van der Waals surface area (Å²) in [7, 11) is -9.89. The van der Waals surface area contributed by atoms with E-state index in [1.807, 2.05) is 0 Å². The molecule has 0 aromatic carbocycles. The van der Waals surface area contributed by atoms with Gasteiger partial charge in [-0.2, -0.15) is 0 Å². The van der Waals surface area contributed by atoms with Crippen LogP contribution in [0.1, 0.15) is 356 Å². The van der Waals surface area contributed by atoms with Gasteiger partial charge in [-0.25, -0.2) is 9.13 Å². The molecular weight excluding hydrogens is 1170 g/mol. The predicted octanol–water partition coefficient (Wildman–Crippen LogP) is 20.0. The number of hydrogen-bond acceptors (Lipinski definition) is 15. The number of unbranched alkanes of at least 4 members (excludes halogenated alkanes) is 37. The van der Waals surface area contributed by atoms with Crippen LogP contribution in [0.5, 0.6) is 0 Å². The minimum atomic E-state index is -4.95. The Morgan fingerprint density at radius 3 is 0.798 bits per heavy atom. The van der Waals surface area contributed by atoms with Crippen LogP contribution < -0.4 is 0 Å². The summed E-state index contributed by atoms with van der Waals surface area (Å²) in [5.74, 6) is -0.519. The van der Waals surface area contributed by atoms with Crippen LogP contribution in [-0.2, 0) is 65.4 Å². The van der Waals surface area contributed by atoms with Gasteiger partial charge in [-0.15, -0.1) is 0 Å². The lowest BCUT2D eigenvalue weighted by Crippen LogP contribution is -2.30. The minimum Gasteiger partial charge on any atom is -0.462 e. The molecule has 17 nitrogen and oxygen atoms in total. The lowest BCUT2D eigenvalue weighted by atomic mass is 9.99. The Balaban J connectivity index is 5.16. The van der Waals surface area contributed by atoms with Gasteiger partial charge in [0.2, 0.25) is 0 Å². The highest BCUT2D eigenvalue weighted by Gasteiger charge is 2.30. The van der Waals surface area contributed by atoms with Gasteiger partial charge in [0.15, 0.2) is 12.2 Å². The van der Waals surface area contributed by atoms with E-state index in [2.05, 4.69) is 41.5 Å². The number of carbonyl (C=O) groups is 4. The maximum absolute atomic E-state index is 13.0. The van der Waals surface area contributed by atoms with Crippen molar-refractivity contribution >= 4 is 39.5 Å². The van der Waals surface area contributed by atoms with Gasteiger partial charge in [-0.3, -0.25) is 37.3 Å².